The van der Waals surface area contributed by atoms with Crippen molar-refractivity contribution in [1.82, 2.24) is 21.3 Å². The number of urea groups is 4. The Labute approximate surface area is 790 Å². The third kappa shape index (κ3) is 45.7. The van der Waals surface area contributed by atoms with Crippen LogP contribution in [0.1, 0.15) is 361 Å². The summed E-state index contributed by atoms with van der Waals surface area (Å²) in [6.45, 7) is 31.1. The lowest BCUT2D eigenvalue weighted by atomic mass is 9.90. The van der Waals surface area contributed by atoms with E-state index in [1.54, 1.807) is 0 Å². The first-order chi connectivity index (χ1) is 62.9. The van der Waals surface area contributed by atoms with E-state index < -0.39 is 94.6 Å². The molecule has 8 N–H and O–H groups in total. The zero-order chi connectivity index (χ0) is 97.1. The number of esters is 4. The van der Waals surface area contributed by atoms with E-state index in [1.165, 1.54) is 54.1 Å². The molecule has 1 aliphatic carbocycles. The van der Waals surface area contributed by atoms with Gasteiger partial charge in [-0.2, -0.15) is 0 Å². The van der Waals surface area contributed by atoms with Gasteiger partial charge in [0.05, 0.1) is 104 Å². The van der Waals surface area contributed by atoms with Crippen molar-refractivity contribution < 1.29 is 95.2 Å². The van der Waals surface area contributed by atoms with Crippen LogP contribution in [0.15, 0.2) is 48.5 Å². The van der Waals surface area contributed by atoms with Gasteiger partial charge in [-0.1, -0.05) is 207 Å². The predicted octanol–water partition coefficient (Wildman–Crippen LogP) is 22.4. The van der Waals surface area contributed by atoms with E-state index in [0.29, 0.717) is 93.2 Å². The summed E-state index contributed by atoms with van der Waals surface area (Å²) in [6, 6.07) is 6.58. The largest absolute Gasteiger partial charge is 0.493 e. The zero-order valence-electron chi connectivity index (χ0n) is 84.2. The summed E-state index contributed by atoms with van der Waals surface area (Å²) < 4.78 is 74.9. The van der Waals surface area contributed by atoms with E-state index in [9.17, 15) is 19.2 Å². The van der Waals surface area contributed by atoms with Crippen molar-refractivity contribution in [3.63, 3.8) is 0 Å². The summed E-state index contributed by atoms with van der Waals surface area (Å²) in [6.07, 6.45) is 32.6. The summed E-state index contributed by atoms with van der Waals surface area (Å²) in [7, 11) is 4.96. The Morgan fingerprint density at radius 3 is 0.545 bits per heavy atom. The maximum atomic E-state index is 15.0. The first-order valence-corrected chi connectivity index (χ1v) is 49.2. The molecule has 4 aromatic rings. The fourth-order valence-corrected chi connectivity index (χ4v) is 15.4. The number of fused-ring (bicyclic) bond motifs is 8. The molecule has 1 aliphatic rings. The normalized spacial score (nSPS) is 13.1. The predicted molar refractivity (Wildman–Crippen MR) is 524 cm³/mol. The Kier molecular flexibility index (Phi) is 52.4. The van der Waals surface area contributed by atoms with Gasteiger partial charge >= 0.3 is 48.0 Å². The molecule has 5 rings (SSSR count). The van der Waals surface area contributed by atoms with Crippen molar-refractivity contribution in [3.8, 4) is 23.0 Å². The van der Waals surface area contributed by atoms with Crippen LogP contribution >= 0.6 is 0 Å². The smallest absolute Gasteiger partial charge is 0.330 e. The van der Waals surface area contributed by atoms with Crippen LogP contribution in [0, 0.1) is 0 Å². The van der Waals surface area contributed by atoms with Crippen LogP contribution in [0.25, 0.3) is 0 Å². The minimum absolute atomic E-state index is 0.00751. The van der Waals surface area contributed by atoms with Crippen molar-refractivity contribution in [2.75, 3.05) is 103 Å². The van der Waals surface area contributed by atoms with E-state index in [2.05, 4.69) is 70.2 Å². The van der Waals surface area contributed by atoms with Crippen LogP contribution < -0.4 is 61.5 Å². The molecule has 0 radical (unpaired) electrons. The van der Waals surface area contributed by atoms with Crippen molar-refractivity contribution in [1.29, 1.82) is 0 Å². The number of amides is 8. The van der Waals surface area contributed by atoms with Gasteiger partial charge in [0.2, 0.25) is 0 Å². The zero-order valence-corrected chi connectivity index (χ0v) is 84.2. The molecule has 4 atom stereocenters. The fraction of sp³-hybridized carbons (Fsp3) is 0.692. The SMILES string of the molecule is CCCCCCCCCCOc1c2cc(NC(=O)NC(COC(C)(C)C)C(=O)OC)cc1Cc1cc(NC(=O)NC(COC(C)(C)C)C(=O)OC)cc(c1OCCCCCCCCCC)Cc1cc(NC(=O)NC(COC(C)(C)C)C(=O)OC)cc(c1OCCCCCCCCCC)Cc1cc(NC(=O)NC(COC(C)(C)C)C(=O)OC)cc(c1OCCCCCCCCCC)C2. The van der Waals surface area contributed by atoms with Gasteiger partial charge in [0.25, 0.3) is 0 Å². The van der Waals surface area contributed by atoms with E-state index in [4.69, 9.17) is 56.8 Å². The number of hydrogen-bond acceptors (Lipinski definition) is 20. The second-order valence-electron chi connectivity index (χ2n) is 38.9. The van der Waals surface area contributed by atoms with Gasteiger partial charge in [-0.15, -0.1) is 0 Å². The van der Waals surface area contributed by atoms with Crippen molar-refractivity contribution >= 4 is 70.8 Å². The van der Waals surface area contributed by atoms with Gasteiger partial charge in [-0.3, -0.25) is 0 Å². The van der Waals surface area contributed by atoms with Gasteiger partial charge in [0, 0.05) is 92.9 Å². The monoisotopic (exact) mass is 1850 g/mol. The highest BCUT2D eigenvalue weighted by molar-refractivity contribution is 5.96. The molecule has 4 unspecified atom stereocenters. The van der Waals surface area contributed by atoms with Crippen LogP contribution in [0.4, 0.5) is 41.9 Å². The Hall–Kier alpha value is -9.12. The molecule has 28 heteroatoms. The molecule has 0 saturated carbocycles. The fourth-order valence-electron chi connectivity index (χ4n) is 15.4. The molecule has 0 aliphatic heterocycles. The van der Waals surface area contributed by atoms with Crippen LogP contribution in [-0.2, 0) is 82.8 Å². The Bertz CT molecular complexity index is 3520. The summed E-state index contributed by atoms with van der Waals surface area (Å²) in [5.74, 6) is -1.13. The number of hydrogen-bond donors (Lipinski definition) is 8. The lowest BCUT2D eigenvalue weighted by Gasteiger charge is -2.26. The molecule has 0 spiro atoms. The van der Waals surface area contributed by atoms with Gasteiger partial charge in [0.15, 0.2) is 24.2 Å². The molecule has 8 bridgehead atoms. The molecule has 28 nitrogen and oxygen atoms in total. The number of rotatable bonds is 60. The molecular weight excluding hydrogens is 1680 g/mol. The highest BCUT2D eigenvalue weighted by Gasteiger charge is 2.33. The first kappa shape index (κ1) is 113. The van der Waals surface area contributed by atoms with Crippen LogP contribution in [0.5, 0.6) is 23.0 Å². The van der Waals surface area contributed by atoms with Crippen LogP contribution in [0.3, 0.4) is 0 Å². The van der Waals surface area contributed by atoms with Gasteiger partial charge in [-0.05, 0) is 157 Å². The summed E-state index contributed by atoms with van der Waals surface area (Å²) >= 11 is 0. The number of carbonyl (C=O) groups is 8. The standard InChI is InChI=1S/C104H168N8O20/c1-21-25-29-33-37-41-45-49-53-125-89-73-57-75-63-82(106-98(118)110-86(94(114)122-18)70-130-102(8,9)10)65-77(90(75)126-54-50-46-42-38-34-30-26-22-2)59-79-67-84(108-100(120)112-88(96(116)124-20)72-132-104(14,15)16)68-80(92(79)128-56-52-48-44-40-36-32-28-24-4)60-78-66-83(107-99(119)111-87(95(115)123-19)71-131-103(11,12)13)64-76(91(78)127-55-51-47-43-39-35-31-27-23-3)58-74(89)62-81(61-73)105-97(117)109-85(93(113)121-17)69-129-101(5,6)7/h61-68,85-88H,21-60,69-72H2,1-20H3,(H2,105,109,117)(H2,106,110,118)(H2,107,111,119)(H2,108,112,120). The molecule has 0 saturated heterocycles. The van der Waals surface area contributed by atoms with Crippen molar-refractivity contribution in [2.24, 2.45) is 0 Å². The number of carbonyl (C=O) groups excluding carboxylic acids is 8. The lowest BCUT2D eigenvalue weighted by molar-refractivity contribution is -0.146. The average Bonchev–Trinajstić information content (AvgIpc) is 0.768. The molecule has 8 amide bonds. The molecular formula is C104H168N8O20. The van der Waals surface area contributed by atoms with E-state index in [1.807, 2.05) is 132 Å². The summed E-state index contributed by atoms with van der Waals surface area (Å²) in [5.41, 5.74) is 2.71. The number of anilines is 4. The first-order valence-electron chi connectivity index (χ1n) is 49.2. The maximum Gasteiger partial charge on any atom is 0.330 e. The molecule has 0 aromatic heterocycles. The van der Waals surface area contributed by atoms with E-state index in [-0.39, 0.29) is 101 Å². The van der Waals surface area contributed by atoms with Crippen LogP contribution in [-0.4, -0.2) is 176 Å². The highest BCUT2D eigenvalue weighted by atomic mass is 16.6. The molecule has 744 valence electrons. The second kappa shape index (κ2) is 61.0. The minimum atomic E-state index is -1.25. The molecule has 0 heterocycles. The number of unbranched alkanes of at least 4 members (excludes halogenated alkanes) is 28. The van der Waals surface area contributed by atoms with Gasteiger partial charge < -0.3 is 99.4 Å². The number of ether oxygens (including phenoxy) is 12. The maximum absolute atomic E-state index is 15.0. The van der Waals surface area contributed by atoms with Gasteiger partial charge in [-0.25, -0.2) is 38.4 Å². The number of nitrogens with one attached hydrogen (secondary N) is 8. The summed E-state index contributed by atoms with van der Waals surface area (Å²) in [4.78, 5) is 115. The topological polar surface area (TPSA) is 344 Å². The van der Waals surface area contributed by atoms with E-state index in [0.717, 1.165) is 154 Å². The van der Waals surface area contributed by atoms with Gasteiger partial charge in [0.1, 0.15) is 23.0 Å². The Balaban J connectivity index is 2.11. The van der Waals surface area contributed by atoms with Crippen molar-refractivity contribution in [3.05, 3.63) is 93.0 Å². The van der Waals surface area contributed by atoms with E-state index >= 15 is 19.2 Å². The summed E-state index contributed by atoms with van der Waals surface area (Å²) in [5, 5.41) is 23.8. The Morgan fingerprint density at radius 1 is 0.250 bits per heavy atom. The molecule has 132 heavy (non-hydrogen) atoms. The molecule has 4 aromatic carbocycles. The Morgan fingerprint density at radius 2 is 0.402 bits per heavy atom. The third-order valence-electron chi connectivity index (χ3n) is 22.4. The second-order valence-corrected chi connectivity index (χ2v) is 38.9. The third-order valence-corrected chi connectivity index (χ3v) is 22.4. The highest BCUT2D eigenvalue weighted by Crippen LogP contribution is 2.44. The van der Waals surface area contributed by atoms with Crippen molar-refractivity contribution in [2.45, 2.75) is 389 Å². The average molecular weight is 1850 g/mol. The number of benzene rings is 4. The minimum Gasteiger partial charge on any atom is -0.493 e. The quantitative estimate of drug-likeness (QED) is 0.0102. The number of methoxy groups -OCH3 is 4. The lowest BCUT2D eigenvalue weighted by Crippen LogP contribution is -2.47. The molecule has 0 fully saturated rings. The van der Waals surface area contributed by atoms with Crippen LogP contribution in [0.2, 0.25) is 0 Å².